The van der Waals surface area contributed by atoms with Crippen LogP contribution in [0.3, 0.4) is 0 Å². The molecule has 0 bridgehead atoms. The van der Waals surface area contributed by atoms with E-state index in [1.807, 2.05) is 39.0 Å². The summed E-state index contributed by atoms with van der Waals surface area (Å²) in [4.78, 5) is 26.3. The molecule has 2 amide bonds. The zero-order valence-electron chi connectivity index (χ0n) is 16.5. The molecule has 3 rings (SSSR count). The lowest BCUT2D eigenvalue weighted by Crippen LogP contribution is -2.39. The highest BCUT2D eigenvalue weighted by molar-refractivity contribution is 5.97. The molecule has 148 valence electrons. The smallest absolute Gasteiger partial charge is 0.258 e. The lowest BCUT2D eigenvalue weighted by atomic mass is 10.1. The Balaban J connectivity index is 1.50. The van der Waals surface area contributed by atoms with E-state index in [0.717, 1.165) is 17.0 Å². The average molecular weight is 382 g/mol. The fourth-order valence-electron chi connectivity index (χ4n) is 3.16. The van der Waals surface area contributed by atoms with Gasteiger partial charge in [-0.05, 0) is 68.3 Å². The Hall–Kier alpha value is -3.02. The van der Waals surface area contributed by atoms with Gasteiger partial charge in [-0.15, -0.1) is 0 Å². The summed E-state index contributed by atoms with van der Waals surface area (Å²) in [5, 5.41) is 2.89. The van der Waals surface area contributed by atoms with Gasteiger partial charge in [0.2, 0.25) is 5.91 Å². The summed E-state index contributed by atoms with van der Waals surface area (Å²) >= 11 is 0. The quantitative estimate of drug-likeness (QED) is 0.799. The van der Waals surface area contributed by atoms with Gasteiger partial charge in [-0.25, -0.2) is 0 Å². The summed E-state index contributed by atoms with van der Waals surface area (Å²) < 4.78 is 10.9. The van der Waals surface area contributed by atoms with E-state index < -0.39 is 0 Å². The van der Waals surface area contributed by atoms with Crippen molar-refractivity contribution in [3.05, 3.63) is 53.6 Å². The third-order valence-corrected chi connectivity index (χ3v) is 4.80. The summed E-state index contributed by atoms with van der Waals surface area (Å²) in [6.07, 6.45) is 0.293. The molecule has 6 nitrogen and oxygen atoms in total. The van der Waals surface area contributed by atoms with Crippen molar-refractivity contribution in [1.82, 2.24) is 5.32 Å². The van der Waals surface area contributed by atoms with E-state index in [4.69, 9.17) is 9.47 Å². The van der Waals surface area contributed by atoms with Crippen LogP contribution in [-0.4, -0.2) is 37.6 Å². The third-order valence-electron chi connectivity index (χ3n) is 4.80. The van der Waals surface area contributed by atoms with Crippen LogP contribution >= 0.6 is 0 Å². The van der Waals surface area contributed by atoms with Crippen molar-refractivity contribution >= 4 is 17.5 Å². The second kappa shape index (κ2) is 8.78. The maximum atomic E-state index is 12.4. The minimum absolute atomic E-state index is 0.0148. The summed E-state index contributed by atoms with van der Waals surface area (Å²) in [5.41, 5.74) is 3.20. The summed E-state index contributed by atoms with van der Waals surface area (Å²) in [7, 11) is 0. The predicted octanol–water partition coefficient (Wildman–Crippen LogP) is 3.00. The van der Waals surface area contributed by atoms with Gasteiger partial charge >= 0.3 is 0 Å². The van der Waals surface area contributed by atoms with Gasteiger partial charge in [-0.3, -0.25) is 9.59 Å². The number of aryl methyl sites for hydroxylation is 2. The number of hydrogen-bond acceptors (Lipinski definition) is 4. The predicted molar refractivity (Wildman–Crippen MR) is 108 cm³/mol. The van der Waals surface area contributed by atoms with Crippen molar-refractivity contribution in [1.29, 1.82) is 0 Å². The Morgan fingerprint density at radius 1 is 1.07 bits per heavy atom. The Morgan fingerprint density at radius 2 is 1.75 bits per heavy atom. The normalized spacial score (nSPS) is 16.2. The van der Waals surface area contributed by atoms with Crippen LogP contribution in [0, 0.1) is 13.8 Å². The zero-order valence-corrected chi connectivity index (χ0v) is 16.5. The number of nitrogens with zero attached hydrogens (tertiary/aromatic N) is 1. The third kappa shape index (κ3) is 4.82. The highest BCUT2D eigenvalue weighted by atomic mass is 16.5. The molecule has 0 spiro atoms. The molecule has 1 aliphatic rings. The van der Waals surface area contributed by atoms with Crippen molar-refractivity contribution in [3.63, 3.8) is 0 Å². The second-order valence-electron chi connectivity index (χ2n) is 6.93. The minimum atomic E-state index is -0.242. The molecule has 0 aromatic heterocycles. The fraction of sp³-hybridized carbons (Fsp3) is 0.364. The number of nitrogens with one attached hydrogen (secondary N) is 1. The van der Waals surface area contributed by atoms with Gasteiger partial charge in [-0.1, -0.05) is 6.07 Å². The van der Waals surface area contributed by atoms with E-state index >= 15 is 0 Å². The monoisotopic (exact) mass is 382 g/mol. The van der Waals surface area contributed by atoms with Crippen molar-refractivity contribution in [2.24, 2.45) is 0 Å². The van der Waals surface area contributed by atoms with Crippen molar-refractivity contribution in [3.8, 4) is 11.5 Å². The fourth-order valence-corrected chi connectivity index (χ4v) is 3.16. The highest BCUT2D eigenvalue weighted by Crippen LogP contribution is 2.24. The summed E-state index contributed by atoms with van der Waals surface area (Å²) in [6, 6.07) is 12.9. The van der Waals surface area contributed by atoms with Gasteiger partial charge in [0, 0.05) is 18.7 Å². The van der Waals surface area contributed by atoms with Crippen LogP contribution in [0.1, 0.15) is 24.5 Å². The number of hydrogen-bond donors (Lipinski definition) is 1. The first kappa shape index (κ1) is 19.7. The molecule has 0 saturated carbocycles. The lowest BCUT2D eigenvalue weighted by molar-refractivity contribution is -0.123. The largest absolute Gasteiger partial charge is 0.494 e. The highest BCUT2D eigenvalue weighted by Gasteiger charge is 2.31. The first-order valence-corrected chi connectivity index (χ1v) is 9.49. The first-order valence-electron chi connectivity index (χ1n) is 9.49. The van der Waals surface area contributed by atoms with Crippen LogP contribution in [0.2, 0.25) is 0 Å². The molecule has 28 heavy (non-hydrogen) atoms. The van der Waals surface area contributed by atoms with Crippen LogP contribution in [0.5, 0.6) is 11.5 Å². The van der Waals surface area contributed by atoms with Gasteiger partial charge in [0.15, 0.2) is 6.61 Å². The second-order valence-corrected chi connectivity index (χ2v) is 6.93. The molecule has 6 heteroatoms. The van der Waals surface area contributed by atoms with Gasteiger partial charge in [0.1, 0.15) is 11.5 Å². The van der Waals surface area contributed by atoms with Crippen LogP contribution in [0.15, 0.2) is 42.5 Å². The number of benzene rings is 2. The van der Waals surface area contributed by atoms with E-state index in [-0.39, 0.29) is 24.5 Å². The average Bonchev–Trinajstić information content (AvgIpc) is 3.03. The van der Waals surface area contributed by atoms with E-state index in [0.29, 0.717) is 25.3 Å². The molecule has 1 atom stereocenters. The molecule has 1 aliphatic heterocycles. The van der Waals surface area contributed by atoms with Gasteiger partial charge in [0.25, 0.3) is 5.91 Å². The molecule has 0 unspecified atom stereocenters. The Morgan fingerprint density at radius 3 is 2.39 bits per heavy atom. The number of ether oxygens (including phenoxy) is 2. The molecule has 2 aromatic carbocycles. The molecule has 1 N–H and O–H groups in total. The maximum absolute atomic E-state index is 12.4. The molecule has 1 heterocycles. The number of carbonyl (C=O) groups excluding carboxylic acids is 2. The molecule has 0 radical (unpaired) electrons. The number of amides is 2. The Kier molecular flexibility index (Phi) is 6.19. The van der Waals surface area contributed by atoms with E-state index in [1.165, 1.54) is 5.56 Å². The number of carbonyl (C=O) groups is 2. The minimum Gasteiger partial charge on any atom is -0.494 e. The number of rotatable bonds is 7. The summed E-state index contributed by atoms with van der Waals surface area (Å²) in [5.74, 6) is 1.13. The van der Waals surface area contributed by atoms with Crippen molar-refractivity contribution < 1.29 is 19.1 Å². The van der Waals surface area contributed by atoms with Crippen molar-refractivity contribution in [2.45, 2.75) is 33.2 Å². The van der Waals surface area contributed by atoms with Gasteiger partial charge < -0.3 is 19.7 Å². The van der Waals surface area contributed by atoms with E-state index in [2.05, 4.69) is 5.32 Å². The van der Waals surface area contributed by atoms with Crippen molar-refractivity contribution in [2.75, 3.05) is 24.7 Å². The number of anilines is 1. The molecule has 2 aromatic rings. The van der Waals surface area contributed by atoms with Crippen LogP contribution < -0.4 is 19.7 Å². The standard InChI is InChI=1S/C22H26N2O4/c1-4-27-19-7-9-20(10-8-19)28-14-21(25)23-17-12-22(26)24(13-17)18-6-5-15(2)16(3)11-18/h5-11,17H,4,12-14H2,1-3H3,(H,23,25)/t17-/m0/s1. The topological polar surface area (TPSA) is 67.9 Å². The molecule has 0 aliphatic carbocycles. The molecule has 1 fully saturated rings. The SMILES string of the molecule is CCOc1ccc(OCC(=O)N[C@H]2CC(=O)N(c3ccc(C)c(C)c3)C2)cc1. The Labute approximate surface area is 165 Å². The van der Waals surface area contributed by atoms with Gasteiger partial charge in [0.05, 0.1) is 12.6 Å². The first-order chi connectivity index (χ1) is 13.5. The maximum Gasteiger partial charge on any atom is 0.258 e. The van der Waals surface area contributed by atoms with Crippen LogP contribution in [-0.2, 0) is 9.59 Å². The van der Waals surface area contributed by atoms with E-state index in [1.54, 1.807) is 29.2 Å². The van der Waals surface area contributed by atoms with Gasteiger partial charge in [-0.2, -0.15) is 0 Å². The molecule has 1 saturated heterocycles. The van der Waals surface area contributed by atoms with Crippen LogP contribution in [0.25, 0.3) is 0 Å². The van der Waals surface area contributed by atoms with E-state index in [9.17, 15) is 9.59 Å². The Bertz CT molecular complexity index is 848. The zero-order chi connectivity index (χ0) is 20.1. The summed E-state index contributed by atoms with van der Waals surface area (Å²) in [6.45, 7) is 6.96. The lowest BCUT2D eigenvalue weighted by Gasteiger charge is -2.18. The molecular formula is C22H26N2O4. The van der Waals surface area contributed by atoms with Crippen LogP contribution in [0.4, 0.5) is 5.69 Å². The molecular weight excluding hydrogens is 356 g/mol.